The summed E-state index contributed by atoms with van der Waals surface area (Å²) in [5.41, 5.74) is 0.740. The van der Waals surface area contributed by atoms with E-state index in [4.69, 9.17) is 18.9 Å². The van der Waals surface area contributed by atoms with Crippen molar-refractivity contribution in [3.63, 3.8) is 0 Å². The summed E-state index contributed by atoms with van der Waals surface area (Å²) in [5.74, 6) is 1.23. The van der Waals surface area contributed by atoms with Gasteiger partial charge in [0, 0.05) is 20.3 Å². The predicted molar refractivity (Wildman–Crippen MR) is 71.8 cm³/mol. The van der Waals surface area contributed by atoms with Crippen molar-refractivity contribution >= 4 is 0 Å². The molecule has 1 aromatic carbocycles. The fourth-order valence-electron chi connectivity index (χ4n) is 1.66. The van der Waals surface area contributed by atoms with Crippen LogP contribution in [0.3, 0.4) is 0 Å². The largest absolute Gasteiger partial charge is 0.493 e. The Balaban J connectivity index is 2.49. The molecule has 1 rings (SSSR count). The van der Waals surface area contributed by atoms with Gasteiger partial charge in [-0.1, -0.05) is 6.07 Å². The van der Waals surface area contributed by atoms with Gasteiger partial charge in [-0.25, -0.2) is 0 Å². The molecule has 108 valence electrons. The fourth-order valence-corrected chi connectivity index (χ4v) is 1.66. The number of methoxy groups -OCH3 is 3. The lowest BCUT2D eigenvalue weighted by Crippen LogP contribution is -2.09. The highest BCUT2D eigenvalue weighted by molar-refractivity contribution is 5.43. The normalized spacial score (nSPS) is 12.2. The second kappa shape index (κ2) is 8.74. The molecule has 0 bridgehead atoms. The van der Waals surface area contributed by atoms with Crippen LogP contribution in [-0.2, 0) is 9.47 Å². The van der Waals surface area contributed by atoms with Crippen molar-refractivity contribution in [3.05, 3.63) is 23.8 Å². The number of benzene rings is 1. The van der Waals surface area contributed by atoms with Crippen LogP contribution < -0.4 is 9.47 Å². The third-order valence-electron chi connectivity index (χ3n) is 2.71. The molecule has 1 atom stereocenters. The zero-order chi connectivity index (χ0) is 14.1. The van der Waals surface area contributed by atoms with Gasteiger partial charge in [-0.15, -0.1) is 0 Å². The number of rotatable bonds is 9. The van der Waals surface area contributed by atoms with Gasteiger partial charge in [0.15, 0.2) is 11.5 Å². The lowest BCUT2D eigenvalue weighted by molar-refractivity contribution is 0.0278. The van der Waals surface area contributed by atoms with Crippen molar-refractivity contribution in [2.45, 2.75) is 12.5 Å². The molecule has 0 spiro atoms. The van der Waals surface area contributed by atoms with Crippen molar-refractivity contribution in [2.75, 3.05) is 41.2 Å². The van der Waals surface area contributed by atoms with Gasteiger partial charge in [-0.2, -0.15) is 0 Å². The summed E-state index contributed by atoms with van der Waals surface area (Å²) in [5, 5.41) is 10.0. The van der Waals surface area contributed by atoms with Crippen molar-refractivity contribution in [1.82, 2.24) is 0 Å². The third kappa shape index (κ3) is 5.06. The van der Waals surface area contributed by atoms with Gasteiger partial charge >= 0.3 is 0 Å². The fraction of sp³-hybridized carbons (Fsp3) is 0.571. The van der Waals surface area contributed by atoms with Crippen molar-refractivity contribution < 1.29 is 24.1 Å². The monoisotopic (exact) mass is 270 g/mol. The van der Waals surface area contributed by atoms with E-state index >= 15 is 0 Å². The molecule has 0 aliphatic carbocycles. The van der Waals surface area contributed by atoms with Crippen LogP contribution in [-0.4, -0.2) is 46.3 Å². The summed E-state index contributed by atoms with van der Waals surface area (Å²) >= 11 is 0. The first-order chi connectivity index (χ1) is 9.22. The summed E-state index contributed by atoms with van der Waals surface area (Å²) < 4.78 is 20.6. The van der Waals surface area contributed by atoms with E-state index in [9.17, 15) is 5.11 Å². The first-order valence-corrected chi connectivity index (χ1v) is 6.19. The first-order valence-electron chi connectivity index (χ1n) is 6.19. The molecule has 0 aliphatic rings. The average Bonchev–Trinajstić information content (AvgIpc) is 2.46. The molecule has 0 saturated carbocycles. The highest BCUT2D eigenvalue weighted by Gasteiger charge is 2.11. The zero-order valence-corrected chi connectivity index (χ0v) is 11.7. The Bertz CT molecular complexity index is 367. The van der Waals surface area contributed by atoms with E-state index in [1.165, 1.54) is 0 Å². The molecule has 0 aliphatic heterocycles. The Kier molecular flexibility index (Phi) is 7.25. The molecule has 19 heavy (non-hydrogen) atoms. The highest BCUT2D eigenvalue weighted by Crippen LogP contribution is 2.29. The van der Waals surface area contributed by atoms with Crippen LogP contribution >= 0.6 is 0 Å². The number of aliphatic hydroxyl groups is 1. The van der Waals surface area contributed by atoms with Crippen molar-refractivity contribution in [1.29, 1.82) is 0 Å². The van der Waals surface area contributed by atoms with E-state index in [2.05, 4.69) is 0 Å². The Hall–Kier alpha value is -1.30. The molecule has 1 N–H and O–H groups in total. The molecule has 5 heteroatoms. The van der Waals surface area contributed by atoms with Crippen molar-refractivity contribution in [2.24, 2.45) is 0 Å². The van der Waals surface area contributed by atoms with E-state index in [0.29, 0.717) is 24.7 Å². The number of ether oxygens (including phenoxy) is 4. The van der Waals surface area contributed by atoms with Crippen molar-refractivity contribution in [3.8, 4) is 11.5 Å². The summed E-state index contributed by atoms with van der Waals surface area (Å²) in [4.78, 5) is 0. The van der Waals surface area contributed by atoms with Crippen LogP contribution in [0.1, 0.15) is 18.1 Å². The topological polar surface area (TPSA) is 57.2 Å². The lowest BCUT2D eigenvalue weighted by Gasteiger charge is -2.14. The number of hydrogen-bond acceptors (Lipinski definition) is 5. The standard InChI is InChI=1S/C14H22O5/c1-16-7-4-8-19-10-12(15)11-5-6-13(17-2)14(9-11)18-3/h5-6,9,12,15H,4,7-8,10H2,1-3H3. The van der Waals surface area contributed by atoms with E-state index in [1.54, 1.807) is 39.5 Å². The van der Waals surface area contributed by atoms with Gasteiger partial charge in [0.25, 0.3) is 0 Å². The second-order valence-corrected chi connectivity index (χ2v) is 4.05. The minimum absolute atomic E-state index is 0.249. The number of hydrogen-bond donors (Lipinski definition) is 1. The first kappa shape index (κ1) is 15.8. The third-order valence-corrected chi connectivity index (χ3v) is 2.71. The summed E-state index contributed by atoms with van der Waals surface area (Å²) in [6, 6.07) is 5.31. The van der Waals surface area contributed by atoms with E-state index in [-0.39, 0.29) is 6.61 Å². The van der Waals surface area contributed by atoms with Gasteiger partial charge in [0.05, 0.1) is 20.8 Å². The summed E-state index contributed by atoms with van der Waals surface area (Å²) in [6.07, 6.45) is 0.136. The molecule has 0 radical (unpaired) electrons. The molecule has 1 aromatic rings. The quantitative estimate of drug-likeness (QED) is 0.693. The zero-order valence-electron chi connectivity index (χ0n) is 11.7. The average molecular weight is 270 g/mol. The lowest BCUT2D eigenvalue weighted by atomic mass is 10.1. The molecule has 0 amide bonds. The van der Waals surface area contributed by atoms with E-state index in [0.717, 1.165) is 12.0 Å². The van der Waals surface area contributed by atoms with Gasteiger partial charge in [0.2, 0.25) is 0 Å². The van der Waals surface area contributed by atoms with Gasteiger partial charge in [-0.3, -0.25) is 0 Å². The van der Waals surface area contributed by atoms with Crippen LogP contribution in [0.5, 0.6) is 11.5 Å². The highest BCUT2D eigenvalue weighted by atomic mass is 16.5. The maximum Gasteiger partial charge on any atom is 0.161 e. The molecule has 0 saturated heterocycles. The molecule has 0 fully saturated rings. The smallest absolute Gasteiger partial charge is 0.161 e. The van der Waals surface area contributed by atoms with Crippen LogP contribution in [0, 0.1) is 0 Å². The van der Waals surface area contributed by atoms with Gasteiger partial charge in [0.1, 0.15) is 6.10 Å². The van der Waals surface area contributed by atoms with E-state index < -0.39 is 6.10 Å². The Labute approximate surface area is 114 Å². The SMILES string of the molecule is COCCCOCC(O)c1ccc(OC)c(OC)c1. The molecular weight excluding hydrogens is 248 g/mol. The molecular formula is C14H22O5. The Morgan fingerprint density at radius 1 is 1.05 bits per heavy atom. The molecule has 5 nitrogen and oxygen atoms in total. The van der Waals surface area contributed by atoms with Crippen LogP contribution in [0.4, 0.5) is 0 Å². The molecule has 1 unspecified atom stereocenters. The summed E-state index contributed by atoms with van der Waals surface area (Å²) in [7, 11) is 4.79. The van der Waals surface area contributed by atoms with Gasteiger partial charge in [-0.05, 0) is 24.1 Å². The number of aliphatic hydroxyl groups excluding tert-OH is 1. The summed E-state index contributed by atoms with van der Waals surface area (Å²) in [6.45, 7) is 1.48. The maximum absolute atomic E-state index is 10.0. The Morgan fingerprint density at radius 3 is 2.42 bits per heavy atom. The second-order valence-electron chi connectivity index (χ2n) is 4.05. The predicted octanol–water partition coefficient (Wildman–Crippen LogP) is 1.79. The molecule has 0 aromatic heterocycles. The minimum atomic E-state index is -0.678. The minimum Gasteiger partial charge on any atom is -0.493 e. The van der Waals surface area contributed by atoms with Crippen LogP contribution in [0.25, 0.3) is 0 Å². The maximum atomic E-state index is 10.0. The Morgan fingerprint density at radius 2 is 1.79 bits per heavy atom. The van der Waals surface area contributed by atoms with Crippen LogP contribution in [0.15, 0.2) is 18.2 Å². The molecule has 0 heterocycles. The van der Waals surface area contributed by atoms with Gasteiger partial charge < -0.3 is 24.1 Å². The van der Waals surface area contributed by atoms with E-state index in [1.807, 2.05) is 0 Å². The van der Waals surface area contributed by atoms with Crippen LogP contribution in [0.2, 0.25) is 0 Å².